The van der Waals surface area contributed by atoms with Crippen molar-refractivity contribution in [1.82, 2.24) is 9.88 Å². The molecule has 2 aliphatic heterocycles. The van der Waals surface area contributed by atoms with Gasteiger partial charge >= 0.3 is 0 Å². The van der Waals surface area contributed by atoms with Crippen LogP contribution in [-0.2, 0) is 0 Å². The molecule has 4 heteroatoms. The normalized spacial score (nSPS) is 30.0. The summed E-state index contributed by atoms with van der Waals surface area (Å²) in [5.74, 6) is 0.964. The summed E-state index contributed by atoms with van der Waals surface area (Å²) in [5, 5.41) is 6.99. The van der Waals surface area contributed by atoms with Crippen LogP contribution in [0.15, 0.2) is 18.3 Å². The summed E-state index contributed by atoms with van der Waals surface area (Å²) in [4.78, 5) is 6.94. The molecule has 2 saturated heterocycles. The predicted octanol–water partition coefficient (Wildman–Crippen LogP) is 2.94. The fraction of sp³-hybridized carbons (Fsp3) is 0.688. The minimum atomic E-state index is 0.610. The lowest BCUT2D eigenvalue weighted by molar-refractivity contribution is 0.0608. The van der Waals surface area contributed by atoms with Crippen LogP contribution in [0.2, 0.25) is 0 Å². The monoisotopic (exact) mass is 274 g/mol. The maximum atomic E-state index is 4.33. The molecule has 2 fully saturated rings. The maximum absolute atomic E-state index is 4.33. The average Bonchev–Trinajstić information content (AvgIpc) is 2.41. The van der Waals surface area contributed by atoms with Gasteiger partial charge in [0, 0.05) is 42.6 Å². The Labute approximate surface area is 122 Å². The van der Waals surface area contributed by atoms with E-state index in [9.17, 15) is 0 Å². The Morgan fingerprint density at radius 1 is 1.30 bits per heavy atom. The van der Waals surface area contributed by atoms with Crippen LogP contribution in [0.25, 0.3) is 0 Å². The molecule has 1 aromatic rings. The first-order valence-electron chi connectivity index (χ1n) is 7.94. The van der Waals surface area contributed by atoms with Crippen LogP contribution in [0.3, 0.4) is 0 Å². The minimum Gasteiger partial charge on any atom is -0.382 e. The van der Waals surface area contributed by atoms with Crippen molar-refractivity contribution in [3.05, 3.63) is 18.3 Å². The summed E-state index contributed by atoms with van der Waals surface area (Å²) < 4.78 is 0. The Morgan fingerprint density at radius 3 is 2.75 bits per heavy atom. The first-order valence-corrected chi connectivity index (χ1v) is 7.94. The summed E-state index contributed by atoms with van der Waals surface area (Å²) in [7, 11) is 2.31. The quantitative estimate of drug-likeness (QED) is 0.885. The highest BCUT2D eigenvalue weighted by Crippen LogP contribution is 2.33. The third kappa shape index (κ3) is 2.90. The molecule has 0 spiro atoms. The molecule has 4 nitrogen and oxygen atoms in total. The largest absolute Gasteiger partial charge is 0.382 e. The van der Waals surface area contributed by atoms with E-state index < -0.39 is 0 Å². The zero-order chi connectivity index (χ0) is 13.9. The molecule has 3 rings (SSSR count). The number of anilines is 2. The molecule has 2 atom stereocenters. The fourth-order valence-electron chi connectivity index (χ4n) is 3.77. The molecule has 2 N–H and O–H groups in total. The SMILES string of the molecule is CCNc1cc(NC2CC3CCCC(C2)N3C)ccn1. The van der Waals surface area contributed by atoms with Crippen LogP contribution in [0.1, 0.15) is 39.0 Å². The van der Waals surface area contributed by atoms with Gasteiger partial charge in [0.25, 0.3) is 0 Å². The van der Waals surface area contributed by atoms with E-state index in [0.29, 0.717) is 6.04 Å². The van der Waals surface area contributed by atoms with E-state index in [0.717, 1.165) is 24.4 Å². The van der Waals surface area contributed by atoms with Gasteiger partial charge in [-0.1, -0.05) is 6.42 Å². The van der Waals surface area contributed by atoms with Gasteiger partial charge in [0.2, 0.25) is 0 Å². The van der Waals surface area contributed by atoms with Crippen molar-refractivity contribution in [3.63, 3.8) is 0 Å². The van der Waals surface area contributed by atoms with E-state index in [1.54, 1.807) is 0 Å². The molecule has 2 aliphatic rings. The van der Waals surface area contributed by atoms with Gasteiger partial charge in [0.1, 0.15) is 5.82 Å². The van der Waals surface area contributed by atoms with Crippen LogP contribution < -0.4 is 10.6 Å². The molecular formula is C16H26N4. The van der Waals surface area contributed by atoms with Crippen LogP contribution >= 0.6 is 0 Å². The first-order chi connectivity index (χ1) is 9.76. The summed E-state index contributed by atoms with van der Waals surface area (Å²) in [6.07, 6.45) is 8.56. The third-order valence-electron chi connectivity index (χ3n) is 4.83. The Bertz CT molecular complexity index is 434. The Balaban J connectivity index is 1.64. The molecule has 0 aliphatic carbocycles. The van der Waals surface area contributed by atoms with Gasteiger partial charge in [-0.15, -0.1) is 0 Å². The molecule has 20 heavy (non-hydrogen) atoms. The van der Waals surface area contributed by atoms with Crippen molar-refractivity contribution >= 4 is 11.5 Å². The second-order valence-corrected chi connectivity index (χ2v) is 6.18. The number of aromatic nitrogens is 1. The zero-order valence-corrected chi connectivity index (χ0v) is 12.6. The molecule has 0 radical (unpaired) electrons. The molecule has 0 aromatic carbocycles. The summed E-state index contributed by atoms with van der Waals surface area (Å²) in [6.45, 7) is 3.01. The number of hydrogen-bond donors (Lipinski definition) is 2. The summed E-state index contributed by atoms with van der Waals surface area (Å²) >= 11 is 0. The van der Waals surface area contributed by atoms with Crippen molar-refractivity contribution in [2.75, 3.05) is 24.2 Å². The summed E-state index contributed by atoms with van der Waals surface area (Å²) in [6, 6.07) is 6.36. The van der Waals surface area contributed by atoms with Gasteiger partial charge < -0.3 is 15.5 Å². The van der Waals surface area contributed by atoms with E-state index in [1.165, 1.54) is 37.8 Å². The Kier molecular flexibility index (Phi) is 4.10. The average molecular weight is 274 g/mol. The zero-order valence-electron chi connectivity index (χ0n) is 12.6. The standard InChI is InChI=1S/C16H26N4/c1-3-17-16-11-12(7-8-18-16)19-13-9-14-5-4-6-15(10-13)20(14)2/h7-8,11,13-15H,3-6,9-10H2,1-2H3,(H2,17,18,19). The molecule has 3 heterocycles. The highest BCUT2D eigenvalue weighted by Gasteiger charge is 2.35. The van der Waals surface area contributed by atoms with Crippen molar-refractivity contribution < 1.29 is 0 Å². The number of fused-ring (bicyclic) bond motifs is 2. The lowest BCUT2D eigenvalue weighted by atomic mass is 9.82. The number of rotatable bonds is 4. The van der Waals surface area contributed by atoms with Crippen molar-refractivity contribution in [2.45, 2.75) is 57.2 Å². The number of hydrogen-bond acceptors (Lipinski definition) is 4. The number of nitrogens with one attached hydrogen (secondary N) is 2. The first kappa shape index (κ1) is 13.7. The van der Waals surface area contributed by atoms with E-state index in [4.69, 9.17) is 0 Å². The molecule has 0 amide bonds. The minimum absolute atomic E-state index is 0.610. The van der Waals surface area contributed by atoms with Gasteiger partial charge in [0.05, 0.1) is 0 Å². The highest BCUT2D eigenvalue weighted by atomic mass is 15.2. The van der Waals surface area contributed by atoms with Crippen molar-refractivity contribution in [2.24, 2.45) is 0 Å². The fourth-order valence-corrected chi connectivity index (χ4v) is 3.77. The molecule has 0 saturated carbocycles. The topological polar surface area (TPSA) is 40.2 Å². The van der Waals surface area contributed by atoms with Crippen molar-refractivity contribution in [3.8, 4) is 0 Å². The van der Waals surface area contributed by atoms with E-state index >= 15 is 0 Å². The van der Waals surface area contributed by atoms with Gasteiger partial charge in [-0.25, -0.2) is 4.98 Å². The number of piperidine rings is 2. The third-order valence-corrected chi connectivity index (χ3v) is 4.83. The van der Waals surface area contributed by atoms with Gasteiger partial charge in [0.15, 0.2) is 0 Å². The Morgan fingerprint density at radius 2 is 2.05 bits per heavy atom. The lowest BCUT2D eigenvalue weighted by Crippen LogP contribution is -2.52. The second kappa shape index (κ2) is 6.00. The van der Waals surface area contributed by atoms with Crippen LogP contribution in [0.5, 0.6) is 0 Å². The molecule has 110 valence electrons. The number of pyridine rings is 1. The number of nitrogens with zero attached hydrogens (tertiary/aromatic N) is 2. The molecular weight excluding hydrogens is 248 g/mol. The van der Waals surface area contributed by atoms with Gasteiger partial charge in [-0.05, 0) is 45.7 Å². The van der Waals surface area contributed by atoms with E-state index in [2.05, 4.69) is 46.6 Å². The van der Waals surface area contributed by atoms with Crippen LogP contribution in [-0.4, -0.2) is 41.6 Å². The van der Waals surface area contributed by atoms with Crippen LogP contribution in [0.4, 0.5) is 11.5 Å². The van der Waals surface area contributed by atoms with Gasteiger partial charge in [-0.2, -0.15) is 0 Å². The molecule has 2 bridgehead atoms. The molecule has 2 unspecified atom stereocenters. The van der Waals surface area contributed by atoms with Crippen LogP contribution in [0, 0.1) is 0 Å². The molecule has 1 aromatic heterocycles. The smallest absolute Gasteiger partial charge is 0.127 e. The highest BCUT2D eigenvalue weighted by molar-refractivity contribution is 5.52. The summed E-state index contributed by atoms with van der Waals surface area (Å²) in [5.41, 5.74) is 1.20. The van der Waals surface area contributed by atoms with Crippen molar-refractivity contribution in [1.29, 1.82) is 0 Å². The van der Waals surface area contributed by atoms with E-state index in [-0.39, 0.29) is 0 Å². The predicted molar refractivity (Wildman–Crippen MR) is 84.2 cm³/mol. The Hall–Kier alpha value is -1.29. The lowest BCUT2D eigenvalue weighted by Gasteiger charge is -2.47. The maximum Gasteiger partial charge on any atom is 0.127 e. The second-order valence-electron chi connectivity index (χ2n) is 6.18. The van der Waals surface area contributed by atoms with Gasteiger partial charge in [-0.3, -0.25) is 0 Å². The van der Waals surface area contributed by atoms with E-state index in [1.807, 2.05) is 6.20 Å².